The highest BCUT2D eigenvalue weighted by Crippen LogP contribution is 2.37. The highest BCUT2D eigenvalue weighted by atomic mass is 16.5. The van der Waals surface area contributed by atoms with Gasteiger partial charge in [-0.15, -0.1) is 0 Å². The van der Waals surface area contributed by atoms with Crippen molar-refractivity contribution in [2.75, 3.05) is 13.2 Å². The Balaban J connectivity index is 1.81. The maximum absolute atomic E-state index is 11.5. The molecule has 3 heteroatoms. The molecule has 0 spiro atoms. The van der Waals surface area contributed by atoms with Crippen LogP contribution in [0, 0.1) is 11.8 Å². The molecule has 1 aliphatic rings. The van der Waals surface area contributed by atoms with Crippen LogP contribution in [-0.4, -0.2) is 24.3 Å². The van der Waals surface area contributed by atoms with Crippen molar-refractivity contribution in [2.24, 2.45) is 11.8 Å². The van der Waals surface area contributed by atoms with E-state index in [0.717, 1.165) is 5.92 Å². The van der Waals surface area contributed by atoms with Crippen molar-refractivity contribution in [3.8, 4) is 0 Å². The maximum atomic E-state index is 11.5. The third kappa shape index (κ3) is 7.27. The number of aliphatic hydroxyl groups excluding tert-OH is 1. The first-order valence-corrected chi connectivity index (χ1v) is 10.7. The number of benzene rings is 1. The zero-order valence-electron chi connectivity index (χ0n) is 17.5. The molecular formula is C25H36O3. The maximum Gasteiger partial charge on any atom is 0.333 e. The molecular weight excluding hydrogens is 348 g/mol. The summed E-state index contributed by atoms with van der Waals surface area (Å²) >= 11 is 0. The van der Waals surface area contributed by atoms with Gasteiger partial charge in [0.05, 0.1) is 6.61 Å². The van der Waals surface area contributed by atoms with E-state index in [2.05, 4.69) is 49.9 Å². The van der Waals surface area contributed by atoms with Crippen molar-refractivity contribution in [1.82, 2.24) is 0 Å². The first-order valence-electron chi connectivity index (χ1n) is 10.7. The number of carbonyl (C=O) groups excluding carboxylic acids is 1. The number of hydrogen-bond acceptors (Lipinski definition) is 3. The Kier molecular flexibility index (Phi) is 9.49. The summed E-state index contributed by atoms with van der Waals surface area (Å²) in [7, 11) is 0. The quantitative estimate of drug-likeness (QED) is 0.325. The second kappa shape index (κ2) is 11.9. The molecule has 2 rings (SSSR count). The van der Waals surface area contributed by atoms with E-state index in [1.807, 2.05) is 0 Å². The van der Waals surface area contributed by atoms with Gasteiger partial charge in [0.2, 0.25) is 0 Å². The summed E-state index contributed by atoms with van der Waals surface area (Å²) in [4.78, 5) is 11.5. The Labute approximate surface area is 170 Å². The number of rotatable bonds is 10. The molecule has 28 heavy (non-hydrogen) atoms. The van der Waals surface area contributed by atoms with Crippen molar-refractivity contribution in [3.63, 3.8) is 0 Å². The van der Waals surface area contributed by atoms with Crippen LogP contribution in [0.1, 0.15) is 69.4 Å². The molecule has 1 N–H and O–H groups in total. The molecule has 1 saturated carbocycles. The van der Waals surface area contributed by atoms with Crippen LogP contribution in [0.4, 0.5) is 0 Å². The Hall–Kier alpha value is -1.87. The van der Waals surface area contributed by atoms with Gasteiger partial charge in [-0.25, -0.2) is 4.79 Å². The standard InChI is InChI=1S/C25H36O3/c1-4-5-6-7-20-8-12-23(13-9-20)24-14-10-21(11-15-24)16-22(17-26)18-28-25(27)19(2)3/h4-5,10-11,14-15,20,22-23,26H,2,6-9,12-13,16-18H2,1,3H3/b5-4+. The number of ether oxygens (including phenoxy) is 1. The third-order valence-corrected chi connectivity index (χ3v) is 5.86. The van der Waals surface area contributed by atoms with E-state index in [0.29, 0.717) is 17.9 Å². The number of aliphatic hydroxyl groups is 1. The van der Waals surface area contributed by atoms with Crippen LogP contribution >= 0.6 is 0 Å². The van der Waals surface area contributed by atoms with Gasteiger partial charge in [-0.2, -0.15) is 0 Å². The topological polar surface area (TPSA) is 46.5 Å². The summed E-state index contributed by atoms with van der Waals surface area (Å²) in [6, 6.07) is 8.82. The average Bonchev–Trinajstić information content (AvgIpc) is 2.72. The molecule has 0 heterocycles. The molecule has 0 radical (unpaired) electrons. The number of esters is 1. The fourth-order valence-corrected chi connectivity index (χ4v) is 4.04. The van der Waals surface area contributed by atoms with Crippen LogP contribution in [0.15, 0.2) is 48.6 Å². The molecule has 1 fully saturated rings. The van der Waals surface area contributed by atoms with Gasteiger partial charge in [0.15, 0.2) is 0 Å². The molecule has 1 aromatic rings. The predicted molar refractivity (Wildman–Crippen MR) is 115 cm³/mol. The lowest BCUT2D eigenvalue weighted by Crippen LogP contribution is -2.19. The lowest BCUT2D eigenvalue weighted by molar-refractivity contribution is -0.140. The minimum atomic E-state index is -0.393. The SMILES string of the molecule is C=C(C)C(=O)OCC(CO)Cc1ccc(C2CCC(CC/C=C/C)CC2)cc1. The van der Waals surface area contributed by atoms with Crippen molar-refractivity contribution in [2.45, 2.75) is 64.7 Å². The van der Waals surface area contributed by atoms with E-state index in [-0.39, 0.29) is 19.1 Å². The Morgan fingerprint density at radius 1 is 1.25 bits per heavy atom. The smallest absolute Gasteiger partial charge is 0.333 e. The number of carbonyl (C=O) groups is 1. The largest absolute Gasteiger partial charge is 0.462 e. The summed E-state index contributed by atoms with van der Waals surface area (Å²) in [5.74, 6) is 1.09. The Morgan fingerprint density at radius 2 is 1.93 bits per heavy atom. The van der Waals surface area contributed by atoms with E-state index in [9.17, 15) is 9.90 Å². The van der Waals surface area contributed by atoms with Crippen molar-refractivity contribution in [1.29, 1.82) is 0 Å². The zero-order valence-corrected chi connectivity index (χ0v) is 17.5. The van der Waals surface area contributed by atoms with Crippen LogP contribution in [-0.2, 0) is 16.0 Å². The molecule has 1 aromatic carbocycles. The number of hydrogen-bond donors (Lipinski definition) is 1. The van der Waals surface area contributed by atoms with E-state index >= 15 is 0 Å². The first-order chi connectivity index (χ1) is 13.5. The van der Waals surface area contributed by atoms with Gasteiger partial charge >= 0.3 is 5.97 Å². The lowest BCUT2D eigenvalue weighted by atomic mass is 9.77. The first kappa shape index (κ1) is 22.4. The summed E-state index contributed by atoms with van der Waals surface area (Å²) < 4.78 is 5.19. The molecule has 0 saturated heterocycles. The molecule has 1 atom stereocenters. The van der Waals surface area contributed by atoms with Gasteiger partial charge in [0.1, 0.15) is 0 Å². The molecule has 0 aliphatic heterocycles. The van der Waals surface area contributed by atoms with Crippen molar-refractivity contribution < 1.29 is 14.6 Å². The lowest BCUT2D eigenvalue weighted by Gasteiger charge is -2.28. The molecule has 1 aliphatic carbocycles. The predicted octanol–water partition coefficient (Wildman–Crippen LogP) is 5.59. The molecule has 0 aromatic heterocycles. The summed E-state index contributed by atoms with van der Waals surface area (Å²) in [5.41, 5.74) is 3.00. The fourth-order valence-electron chi connectivity index (χ4n) is 4.04. The second-order valence-electron chi connectivity index (χ2n) is 8.24. The van der Waals surface area contributed by atoms with Crippen LogP contribution in [0.3, 0.4) is 0 Å². The Morgan fingerprint density at radius 3 is 2.50 bits per heavy atom. The summed E-state index contributed by atoms with van der Waals surface area (Å²) in [6.45, 7) is 7.53. The molecule has 0 amide bonds. The van der Waals surface area contributed by atoms with Gasteiger partial charge in [-0.05, 0) is 81.8 Å². The normalized spacial score (nSPS) is 20.8. The van der Waals surface area contributed by atoms with E-state index in [4.69, 9.17) is 4.74 Å². The van der Waals surface area contributed by atoms with E-state index in [1.54, 1.807) is 6.92 Å². The van der Waals surface area contributed by atoms with Gasteiger partial charge in [-0.1, -0.05) is 43.0 Å². The monoisotopic (exact) mass is 384 g/mol. The van der Waals surface area contributed by atoms with Gasteiger partial charge in [-0.3, -0.25) is 0 Å². The van der Waals surface area contributed by atoms with Crippen LogP contribution in [0.5, 0.6) is 0 Å². The molecule has 154 valence electrons. The highest BCUT2D eigenvalue weighted by Gasteiger charge is 2.22. The van der Waals surface area contributed by atoms with Crippen LogP contribution < -0.4 is 0 Å². The van der Waals surface area contributed by atoms with Gasteiger partial charge in [0, 0.05) is 18.1 Å². The molecule has 1 unspecified atom stereocenters. The fraction of sp³-hybridized carbons (Fsp3) is 0.560. The van der Waals surface area contributed by atoms with Crippen LogP contribution in [0.2, 0.25) is 0 Å². The van der Waals surface area contributed by atoms with E-state index in [1.165, 1.54) is 49.7 Å². The summed E-state index contributed by atoms with van der Waals surface area (Å²) in [6.07, 6.45) is 12.9. The summed E-state index contributed by atoms with van der Waals surface area (Å²) in [5, 5.41) is 9.58. The van der Waals surface area contributed by atoms with Crippen LogP contribution in [0.25, 0.3) is 0 Å². The zero-order chi connectivity index (χ0) is 20.4. The highest BCUT2D eigenvalue weighted by molar-refractivity contribution is 5.86. The minimum Gasteiger partial charge on any atom is -0.462 e. The van der Waals surface area contributed by atoms with Crippen molar-refractivity contribution in [3.05, 3.63) is 59.7 Å². The third-order valence-electron chi connectivity index (χ3n) is 5.86. The molecule has 3 nitrogen and oxygen atoms in total. The average molecular weight is 385 g/mol. The minimum absolute atomic E-state index is 0.00244. The van der Waals surface area contributed by atoms with Gasteiger partial charge < -0.3 is 9.84 Å². The Bertz CT molecular complexity index is 636. The molecule has 0 bridgehead atoms. The number of allylic oxidation sites excluding steroid dienone is 2. The van der Waals surface area contributed by atoms with Crippen molar-refractivity contribution >= 4 is 5.97 Å². The van der Waals surface area contributed by atoms with Gasteiger partial charge in [0.25, 0.3) is 0 Å². The van der Waals surface area contributed by atoms with E-state index < -0.39 is 5.97 Å². The second-order valence-corrected chi connectivity index (χ2v) is 8.24.